The predicted molar refractivity (Wildman–Crippen MR) is 217 cm³/mol. The molecular weight excluding hydrogens is 741 g/mol. The molecular formula is C43H50N8O7. The van der Waals surface area contributed by atoms with E-state index in [2.05, 4.69) is 57.0 Å². The summed E-state index contributed by atoms with van der Waals surface area (Å²) in [6, 6.07) is 12.6. The minimum Gasteiger partial charge on any atom is -0.488 e. The molecule has 304 valence electrons. The third-order valence-electron chi connectivity index (χ3n) is 12.0. The predicted octanol–water partition coefficient (Wildman–Crippen LogP) is 6.89. The van der Waals surface area contributed by atoms with Gasteiger partial charge in [-0.3, -0.25) is 9.59 Å². The zero-order chi connectivity index (χ0) is 41.0. The number of aromatic nitrogens is 4. The van der Waals surface area contributed by atoms with Crippen LogP contribution < -0.4 is 15.4 Å². The molecule has 3 aliphatic heterocycles. The zero-order valence-electron chi connectivity index (χ0n) is 33.8. The Labute approximate surface area is 336 Å². The van der Waals surface area contributed by atoms with E-state index in [0.717, 1.165) is 81.2 Å². The number of benzene rings is 3. The summed E-state index contributed by atoms with van der Waals surface area (Å²) in [5.74, 6) is 1.72. The van der Waals surface area contributed by atoms with E-state index in [1.165, 1.54) is 14.2 Å². The molecule has 0 aliphatic carbocycles. The molecule has 2 fully saturated rings. The highest BCUT2D eigenvalue weighted by atomic mass is 16.5. The second-order valence-corrected chi connectivity index (χ2v) is 16.1. The highest BCUT2D eigenvalue weighted by molar-refractivity contribution is 6.07. The Morgan fingerprint density at radius 1 is 0.810 bits per heavy atom. The molecule has 0 spiro atoms. The van der Waals surface area contributed by atoms with Gasteiger partial charge in [-0.2, -0.15) is 0 Å². The van der Waals surface area contributed by atoms with Gasteiger partial charge in [0.05, 0.1) is 49.2 Å². The van der Waals surface area contributed by atoms with Gasteiger partial charge in [-0.05, 0) is 98.7 Å². The fourth-order valence-electron chi connectivity index (χ4n) is 8.91. The molecule has 58 heavy (non-hydrogen) atoms. The number of H-pyrrole nitrogens is 2. The Morgan fingerprint density at radius 2 is 1.50 bits per heavy atom. The smallest absolute Gasteiger partial charge is 0.407 e. The van der Waals surface area contributed by atoms with Gasteiger partial charge >= 0.3 is 12.2 Å². The standard InChI is InChI=1S/C43H50N8O7/c1-21(2)36(49-43(55)57-7)41(53)51-23(4)9-15-34(51)39-46-31-13-11-25-17-30-28-12-10-26(16-27(28)20-58-35(30)18-29(25)37(31)48-39)32-19-44-38(47-32)33-14-8-22(3)50(33)40(52)24(5)45-42(54)56-6/h10-13,16-19,21-24,33-34,36H,8-9,14-15,20H2,1-7H3,(H,44,47)(H,45,54)(H,46,48)(H,49,55). The minimum atomic E-state index is -0.737. The molecule has 2 saturated heterocycles. The Hall–Kier alpha value is -6.12. The van der Waals surface area contributed by atoms with Crippen LogP contribution in [0.1, 0.15) is 89.6 Å². The van der Waals surface area contributed by atoms with Gasteiger partial charge < -0.3 is 44.6 Å². The molecule has 0 bridgehead atoms. The second-order valence-electron chi connectivity index (χ2n) is 16.1. The summed E-state index contributed by atoms with van der Waals surface area (Å²) < 4.78 is 15.9. The molecule has 8 rings (SSSR count). The number of hydrogen-bond acceptors (Lipinski definition) is 9. The summed E-state index contributed by atoms with van der Waals surface area (Å²) in [6.07, 6.45) is 3.67. The SMILES string of the molecule is COC(=O)NC(C)C(=O)N1C(C)CCC1c1ncc(-c2ccc3c(c2)COc2cc4c(ccc5[nH]c(C6CCC(C)N6C(=O)C(NC(=O)OC)C(C)C)nc54)cc2-3)[nH]1. The lowest BCUT2D eigenvalue weighted by atomic mass is 9.92. The Morgan fingerprint density at radius 3 is 2.21 bits per heavy atom. The van der Waals surface area contributed by atoms with Crippen molar-refractivity contribution in [2.75, 3.05) is 14.2 Å². The lowest BCUT2D eigenvalue weighted by Gasteiger charge is -2.32. The molecule has 3 aromatic carbocycles. The summed E-state index contributed by atoms with van der Waals surface area (Å²) >= 11 is 0. The average molecular weight is 791 g/mol. The quantitative estimate of drug-likeness (QED) is 0.130. The highest BCUT2D eigenvalue weighted by Gasteiger charge is 2.42. The lowest BCUT2D eigenvalue weighted by Crippen LogP contribution is -2.52. The Balaban J connectivity index is 1.05. The number of amides is 4. The number of aromatic amines is 2. The van der Waals surface area contributed by atoms with Gasteiger partial charge in [0.15, 0.2) is 0 Å². The Bertz CT molecular complexity index is 2420. The third-order valence-corrected chi connectivity index (χ3v) is 12.0. The number of imidazole rings is 2. The molecule has 5 heterocycles. The van der Waals surface area contributed by atoms with Crippen molar-refractivity contribution in [2.45, 2.75) is 103 Å². The number of carbonyl (C=O) groups excluding carboxylic acids is 4. The molecule has 0 saturated carbocycles. The number of alkyl carbamates (subject to hydrolysis) is 2. The molecule has 0 radical (unpaired) electrons. The van der Waals surface area contributed by atoms with E-state index in [4.69, 9.17) is 24.2 Å². The maximum absolute atomic E-state index is 13.9. The normalized spacial score (nSPS) is 21.0. The average Bonchev–Trinajstić information content (AvgIpc) is 4.04. The van der Waals surface area contributed by atoms with Crippen LogP contribution in [-0.2, 0) is 25.7 Å². The van der Waals surface area contributed by atoms with Crippen molar-refractivity contribution < 1.29 is 33.4 Å². The third kappa shape index (κ3) is 6.85. The molecule has 6 atom stereocenters. The van der Waals surface area contributed by atoms with Crippen molar-refractivity contribution in [3.05, 3.63) is 65.9 Å². The van der Waals surface area contributed by atoms with Crippen LogP contribution in [0.3, 0.4) is 0 Å². The Kier molecular flexibility index (Phi) is 10.2. The van der Waals surface area contributed by atoms with E-state index in [-0.39, 0.29) is 41.9 Å². The number of nitrogens with one attached hydrogen (secondary N) is 4. The van der Waals surface area contributed by atoms with E-state index in [1.807, 2.05) is 43.6 Å². The fourth-order valence-corrected chi connectivity index (χ4v) is 8.91. The van der Waals surface area contributed by atoms with E-state index in [1.54, 1.807) is 13.1 Å². The summed E-state index contributed by atoms with van der Waals surface area (Å²) in [5.41, 5.74) is 6.58. The van der Waals surface area contributed by atoms with Crippen LogP contribution >= 0.6 is 0 Å². The van der Waals surface area contributed by atoms with Gasteiger partial charge in [0.2, 0.25) is 11.8 Å². The van der Waals surface area contributed by atoms with Gasteiger partial charge in [0.25, 0.3) is 0 Å². The second kappa shape index (κ2) is 15.3. The van der Waals surface area contributed by atoms with Gasteiger partial charge in [-0.1, -0.05) is 32.0 Å². The van der Waals surface area contributed by atoms with Crippen LogP contribution in [0.2, 0.25) is 0 Å². The topological polar surface area (TPSA) is 184 Å². The van der Waals surface area contributed by atoms with Crippen LogP contribution in [-0.4, -0.2) is 92.1 Å². The molecule has 6 unspecified atom stereocenters. The first-order valence-electron chi connectivity index (χ1n) is 20.0. The van der Waals surface area contributed by atoms with Crippen molar-refractivity contribution in [3.63, 3.8) is 0 Å². The van der Waals surface area contributed by atoms with Crippen LogP contribution in [0.5, 0.6) is 5.75 Å². The molecule has 3 aliphatic rings. The van der Waals surface area contributed by atoms with Crippen LogP contribution in [0.4, 0.5) is 9.59 Å². The molecule has 15 heteroatoms. The van der Waals surface area contributed by atoms with Crippen molar-refractivity contribution in [3.8, 4) is 28.1 Å². The van der Waals surface area contributed by atoms with Crippen molar-refractivity contribution in [1.29, 1.82) is 0 Å². The number of nitrogens with zero attached hydrogens (tertiary/aromatic N) is 4. The maximum atomic E-state index is 13.9. The highest BCUT2D eigenvalue weighted by Crippen LogP contribution is 2.44. The lowest BCUT2D eigenvalue weighted by molar-refractivity contribution is -0.137. The van der Waals surface area contributed by atoms with E-state index in [0.29, 0.717) is 18.3 Å². The van der Waals surface area contributed by atoms with Gasteiger partial charge in [-0.15, -0.1) is 0 Å². The summed E-state index contributed by atoms with van der Waals surface area (Å²) in [4.78, 5) is 71.8. The molecule has 4 amide bonds. The van der Waals surface area contributed by atoms with E-state index in [9.17, 15) is 19.2 Å². The number of fused-ring (bicyclic) bond motifs is 6. The molecule has 15 nitrogen and oxygen atoms in total. The zero-order valence-corrected chi connectivity index (χ0v) is 33.8. The van der Waals surface area contributed by atoms with E-state index < -0.39 is 24.3 Å². The molecule has 2 aromatic heterocycles. The summed E-state index contributed by atoms with van der Waals surface area (Å²) in [6.45, 7) is 9.90. The first-order valence-corrected chi connectivity index (χ1v) is 20.0. The maximum Gasteiger partial charge on any atom is 0.407 e. The van der Waals surface area contributed by atoms with Crippen LogP contribution in [0.15, 0.2) is 48.7 Å². The van der Waals surface area contributed by atoms with Crippen molar-refractivity contribution in [2.24, 2.45) is 5.92 Å². The first kappa shape index (κ1) is 38.7. The number of rotatable bonds is 8. The summed E-state index contributed by atoms with van der Waals surface area (Å²) in [7, 11) is 2.57. The van der Waals surface area contributed by atoms with Gasteiger partial charge in [0, 0.05) is 23.0 Å². The minimum absolute atomic E-state index is 0.00541. The van der Waals surface area contributed by atoms with Crippen molar-refractivity contribution in [1.82, 2.24) is 40.4 Å². The summed E-state index contributed by atoms with van der Waals surface area (Å²) in [5, 5.41) is 7.28. The fraction of sp³-hybridized carbons (Fsp3) is 0.442. The van der Waals surface area contributed by atoms with Gasteiger partial charge in [-0.25, -0.2) is 19.6 Å². The number of likely N-dealkylation sites (tertiary alicyclic amines) is 2. The molecule has 5 aromatic rings. The van der Waals surface area contributed by atoms with Gasteiger partial charge in [0.1, 0.15) is 36.1 Å². The first-order chi connectivity index (χ1) is 27.9. The van der Waals surface area contributed by atoms with Crippen molar-refractivity contribution >= 4 is 45.8 Å². The van der Waals surface area contributed by atoms with E-state index >= 15 is 0 Å². The molecule has 4 N–H and O–H groups in total. The number of ether oxygens (including phenoxy) is 3. The number of hydrogen-bond donors (Lipinski definition) is 4. The number of carbonyl (C=O) groups is 4. The number of methoxy groups -OCH3 is 2. The largest absolute Gasteiger partial charge is 0.488 e. The van der Waals surface area contributed by atoms with Crippen LogP contribution in [0, 0.1) is 5.92 Å². The monoisotopic (exact) mass is 790 g/mol. The van der Waals surface area contributed by atoms with Crippen LogP contribution in [0.25, 0.3) is 44.2 Å².